The van der Waals surface area contributed by atoms with Gasteiger partial charge in [-0.3, -0.25) is 14.7 Å². The second-order valence-corrected chi connectivity index (χ2v) is 9.79. The summed E-state index contributed by atoms with van der Waals surface area (Å²) in [4.78, 5) is 33.2. The zero-order valence-corrected chi connectivity index (χ0v) is 22.4. The number of fused-ring (bicyclic) bond motifs is 1. The first-order valence-corrected chi connectivity index (χ1v) is 12.8. The molecule has 9 nitrogen and oxygen atoms in total. The van der Waals surface area contributed by atoms with Crippen molar-refractivity contribution in [2.75, 3.05) is 44.3 Å². The number of pyridine rings is 2. The molecule has 3 aromatic heterocycles. The third-order valence-corrected chi connectivity index (χ3v) is 6.74. The van der Waals surface area contributed by atoms with Gasteiger partial charge >= 0.3 is 6.18 Å². The fourth-order valence-electron chi connectivity index (χ4n) is 4.44. The van der Waals surface area contributed by atoms with Gasteiger partial charge in [-0.05, 0) is 44.5 Å². The standard InChI is InChI=1S/C30H29F3N8O/c1-18-19(2)38-27-24(28(34)36-16-26(27)37-18)7-4-20-12-22(15-35-14-20)29(42)39-23-6-5-21(25(13-23)30(31,32)33)17-41-10-8-40(3)9-11-41/h5-6,12-16H,8-11,17H2,1-3H3,(H2,34,36)(H,39,42)/i1D3,2D3. The molecular formula is C30H29F3N8O. The van der Waals surface area contributed by atoms with Crippen molar-refractivity contribution in [2.45, 2.75) is 26.4 Å². The third-order valence-electron chi connectivity index (χ3n) is 6.74. The lowest BCUT2D eigenvalue weighted by molar-refractivity contribution is -0.138. The minimum absolute atomic E-state index is 0.00677. The maximum absolute atomic E-state index is 14.0. The van der Waals surface area contributed by atoms with Crippen molar-refractivity contribution in [3.8, 4) is 11.8 Å². The molecule has 0 unspecified atom stereocenters. The minimum atomic E-state index is -4.64. The van der Waals surface area contributed by atoms with E-state index in [-0.39, 0.29) is 51.3 Å². The number of rotatable bonds is 4. The van der Waals surface area contributed by atoms with Crippen molar-refractivity contribution in [1.82, 2.24) is 29.7 Å². The van der Waals surface area contributed by atoms with E-state index in [2.05, 4.69) is 42.0 Å². The monoisotopic (exact) mass is 580 g/mol. The number of benzene rings is 1. The number of nitrogens with one attached hydrogen (secondary N) is 1. The van der Waals surface area contributed by atoms with E-state index in [1.165, 1.54) is 30.6 Å². The lowest BCUT2D eigenvalue weighted by Gasteiger charge is -2.33. The average molecular weight is 581 g/mol. The highest BCUT2D eigenvalue weighted by Crippen LogP contribution is 2.34. The van der Waals surface area contributed by atoms with Crippen LogP contribution in [0.5, 0.6) is 0 Å². The third kappa shape index (κ3) is 6.48. The maximum Gasteiger partial charge on any atom is 0.416 e. The van der Waals surface area contributed by atoms with Crippen LogP contribution in [0.25, 0.3) is 11.0 Å². The molecule has 0 bridgehead atoms. The number of aryl methyl sites for hydroxylation is 2. The molecule has 0 radical (unpaired) electrons. The summed E-state index contributed by atoms with van der Waals surface area (Å²) in [6.45, 7) is -2.85. The average Bonchev–Trinajstić information content (AvgIpc) is 3.00. The molecule has 0 atom stereocenters. The fourth-order valence-corrected chi connectivity index (χ4v) is 4.44. The number of aromatic nitrogens is 4. The molecule has 5 rings (SSSR count). The first-order chi connectivity index (χ1) is 22.4. The highest BCUT2D eigenvalue weighted by atomic mass is 19.4. The summed E-state index contributed by atoms with van der Waals surface area (Å²) in [7, 11) is 1.96. The Bertz CT molecular complexity index is 1930. The summed E-state index contributed by atoms with van der Waals surface area (Å²) in [5, 5.41) is 2.48. The number of hydrogen-bond donors (Lipinski definition) is 2. The van der Waals surface area contributed by atoms with Gasteiger partial charge in [-0.2, -0.15) is 13.2 Å². The van der Waals surface area contributed by atoms with E-state index in [9.17, 15) is 18.0 Å². The molecule has 1 aromatic carbocycles. The van der Waals surface area contributed by atoms with Crippen LogP contribution < -0.4 is 11.1 Å². The van der Waals surface area contributed by atoms with Gasteiger partial charge in [-0.1, -0.05) is 17.9 Å². The van der Waals surface area contributed by atoms with Crippen molar-refractivity contribution in [2.24, 2.45) is 0 Å². The van der Waals surface area contributed by atoms with Gasteiger partial charge in [0.15, 0.2) is 0 Å². The molecule has 1 amide bonds. The van der Waals surface area contributed by atoms with Crippen LogP contribution in [-0.4, -0.2) is 68.9 Å². The van der Waals surface area contributed by atoms with E-state index < -0.39 is 42.7 Å². The van der Waals surface area contributed by atoms with Gasteiger partial charge in [-0.25, -0.2) is 15.0 Å². The second kappa shape index (κ2) is 11.7. The van der Waals surface area contributed by atoms with Crippen LogP contribution in [0.3, 0.4) is 0 Å². The van der Waals surface area contributed by atoms with E-state index in [1.54, 1.807) is 0 Å². The van der Waals surface area contributed by atoms with Gasteiger partial charge < -0.3 is 16.0 Å². The minimum Gasteiger partial charge on any atom is -0.383 e. The van der Waals surface area contributed by atoms with Crippen LogP contribution in [-0.2, 0) is 12.7 Å². The van der Waals surface area contributed by atoms with Crippen LogP contribution >= 0.6 is 0 Å². The van der Waals surface area contributed by atoms with Crippen LogP contribution in [0.2, 0.25) is 0 Å². The molecule has 4 aromatic rings. The number of alkyl halides is 3. The Morgan fingerprint density at radius 1 is 1.07 bits per heavy atom. The quantitative estimate of drug-likeness (QED) is 0.348. The molecule has 1 aliphatic heterocycles. The lowest BCUT2D eigenvalue weighted by Crippen LogP contribution is -2.44. The highest BCUT2D eigenvalue weighted by molar-refractivity contribution is 6.04. The number of nitrogen functional groups attached to an aromatic ring is 1. The van der Waals surface area contributed by atoms with E-state index in [4.69, 9.17) is 14.0 Å². The number of hydrogen-bond acceptors (Lipinski definition) is 8. The molecule has 42 heavy (non-hydrogen) atoms. The highest BCUT2D eigenvalue weighted by Gasteiger charge is 2.34. The topological polar surface area (TPSA) is 113 Å². The van der Waals surface area contributed by atoms with E-state index in [0.29, 0.717) is 13.1 Å². The Hall–Kier alpha value is -4.60. The van der Waals surface area contributed by atoms with Crippen LogP contribution in [0.15, 0.2) is 42.9 Å². The summed E-state index contributed by atoms with van der Waals surface area (Å²) < 4.78 is 88.5. The Labute approximate surface area is 249 Å². The molecule has 1 saturated heterocycles. The normalized spacial score (nSPS) is 17.1. The number of nitrogens with two attached hydrogens (primary N) is 1. The summed E-state index contributed by atoms with van der Waals surface area (Å²) in [5.74, 6) is 4.60. The Kier molecular flexibility index (Phi) is 6.15. The second-order valence-electron chi connectivity index (χ2n) is 9.79. The Morgan fingerprint density at radius 3 is 2.57 bits per heavy atom. The zero-order valence-electron chi connectivity index (χ0n) is 28.4. The summed E-state index contributed by atoms with van der Waals surface area (Å²) in [6.07, 6.45) is -0.955. The molecule has 0 spiro atoms. The van der Waals surface area contributed by atoms with Crippen LogP contribution in [0.1, 0.15) is 52.2 Å². The zero-order chi connectivity index (χ0) is 35.0. The number of likely N-dealkylation sites (N-methyl/N-ethyl adjacent to an activating group) is 1. The summed E-state index contributed by atoms with van der Waals surface area (Å²) in [6, 6.07) is 5.03. The Morgan fingerprint density at radius 2 is 1.83 bits per heavy atom. The van der Waals surface area contributed by atoms with Crippen molar-refractivity contribution in [3.05, 3.63) is 82.1 Å². The van der Waals surface area contributed by atoms with Gasteiger partial charge in [0, 0.05) is 64.6 Å². The van der Waals surface area contributed by atoms with E-state index in [0.717, 1.165) is 25.4 Å². The largest absolute Gasteiger partial charge is 0.416 e. The van der Waals surface area contributed by atoms with Crippen molar-refractivity contribution in [1.29, 1.82) is 0 Å². The van der Waals surface area contributed by atoms with Crippen LogP contribution in [0, 0.1) is 25.5 Å². The first-order valence-electron chi connectivity index (χ1n) is 15.8. The first kappa shape index (κ1) is 22.1. The number of nitrogens with zero attached hydrogens (tertiary/aromatic N) is 6. The maximum atomic E-state index is 14.0. The molecule has 0 aliphatic carbocycles. The van der Waals surface area contributed by atoms with Gasteiger partial charge in [0.05, 0.1) is 34.3 Å². The molecule has 4 heterocycles. The SMILES string of the molecule is [2H]C([2H])([2H])c1nc2cnc(N)c(C#Cc3cncc(C(=O)Nc4ccc(CN5CCN(C)CC5)c(C(F)(F)F)c4)c3)c2nc1C([2H])([2H])[2H]. The number of anilines is 2. The van der Waals surface area contributed by atoms with Gasteiger partial charge in [0.25, 0.3) is 5.91 Å². The molecule has 1 aliphatic rings. The Balaban J connectivity index is 1.41. The lowest BCUT2D eigenvalue weighted by atomic mass is 10.0. The molecule has 216 valence electrons. The summed E-state index contributed by atoms with van der Waals surface area (Å²) >= 11 is 0. The van der Waals surface area contributed by atoms with Crippen molar-refractivity contribution < 1.29 is 26.2 Å². The molecular weight excluding hydrogens is 545 g/mol. The molecule has 1 fully saturated rings. The molecule has 3 N–H and O–H groups in total. The van der Waals surface area contributed by atoms with E-state index in [1.807, 2.05) is 11.9 Å². The van der Waals surface area contributed by atoms with Gasteiger partial charge in [0.1, 0.15) is 16.9 Å². The molecule has 0 saturated carbocycles. The van der Waals surface area contributed by atoms with Crippen molar-refractivity contribution >= 4 is 28.4 Å². The number of halogens is 3. The smallest absolute Gasteiger partial charge is 0.383 e. The number of amides is 1. The molecule has 12 heteroatoms. The van der Waals surface area contributed by atoms with Gasteiger partial charge in [-0.15, -0.1) is 0 Å². The predicted octanol–water partition coefficient (Wildman–Crippen LogP) is 4.04. The van der Waals surface area contributed by atoms with Gasteiger partial charge in [0.2, 0.25) is 0 Å². The van der Waals surface area contributed by atoms with E-state index >= 15 is 0 Å². The van der Waals surface area contributed by atoms with Crippen LogP contribution in [0.4, 0.5) is 24.7 Å². The van der Waals surface area contributed by atoms with Crippen molar-refractivity contribution in [3.63, 3.8) is 0 Å². The number of piperazine rings is 1. The fraction of sp³-hybridized carbons (Fsp3) is 0.300. The predicted molar refractivity (Wildman–Crippen MR) is 154 cm³/mol. The number of carbonyl (C=O) groups excluding carboxylic acids is 1. The number of carbonyl (C=O) groups is 1. The summed E-state index contributed by atoms with van der Waals surface area (Å²) in [5.41, 5.74) is 3.81.